The first-order chi connectivity index (χ1) is 12.8. The Morgan fingerprint density at radius 3 is 2.74 bits per heavy atom. The van der Waals surface area contributed by atoms with Crippen LogP contribution in [0.5, 0.6) is 0 Å². The summed E-state index contributed by atoms with van der Waals surface area (Å²) in [6, 6.07) is 2.72. The van der Waals surface area contributed by atoms with E-state index >= 15 is 0 Å². The average Bonchev–Trinajstić information content (AvgIpc) is 2.61. The molecular formula is C20H25F2N3O2. The van der Waals surface area contributed by atoms with Gasteiger partial charge in [0.15, 0.2) is 0 Å². The third kappa shape index (κ3) is 3.88. The first-order valence-electron chi connectivity index (χ1n) is 9.27. The average molecular weight is 377 g/mol. The maximum Gasteiger partial charge on any atom is 0.248 e. The number of hydrogen-bond acceptors (Lipinski definition) is 3. The first-order valence-corrected chi connectivity index (χ1v) is 9.27. The van der Waals surface area contributed by atoms with Gasteiger partial charge < -0.3 is 16.0 Å². The third-order valence-electron chi connectivity index (χ3n) is 5.64. The van der Waals surface area contributed by atoms with Gasteiger partial charge in [-0.15, -0.1) is 0 Å². The fourth-order valence-corrected chi connectivity index (χ4v) is 4.05. The lowest BCUT2D eigenvalue weighted by molar-refractivity contribution is -0.127. The van der Waals surface area contributed by atoms with Crippen molar-refractivity contribution in [2.75, 3.05) is 13.1 Å². The maximum atomic E-state index is 13.9. The summed E-state index contributed by atoms with van der Waals surface area (Å²) in [5.74, 6) is -2.44. The number of nitrogens with one attached hydrogen (secondary N) is 3. The molecule has 5 nitrogen and oxygen atoms in total. The number of piperidine rings is 1. The van der Waals surface area contributed by atoms with Crippen LogP contribution in [0.2, 0.25) is 0 Å². The predicted molar refractivity (Wildman–Crippen MR) is 97.7 cm³/mol. The van der Waals surface area contributed by atoms with Crippen molar-refractivity contribution < 1.29 is 18.4 Å². The van der Waals surface area contributed by atoms with Crippen LogP contribution < -0.4 is 16.0 Å². The summed E-state index contributed by atoms with van der Waals surface area (Å²) in [7, 11) is 0. The maximum absolute atomic E-state index is 13.9. The minimum Gasteiger partial charge on any atom is -0.349 e. The molecule has 3 rings (SSSR count). The number of carbonyl (C=O) groups is 2. The standard InChI is InChI=1S/C20H25F2N3O2/c1-10-15-9-23-7-6-17(15)25-20(27)18(10)11(2)19(26)24-12(3)14-5-4-13(21)8-16(14)22/h4-5,8,11-12,15,17,23H,6-7,9H2,1-3H3,(H,24,26)(H,25,27)/t11?,12-,15?,17?/m0/s1. The SMILES string of the molecule is CC1=C(C(C)C(=O)N[C@@H](C)c2ccc(F)cc2F)C(=O)NC2CCNCC12. The molecule has 2 heterocycles. The van der Waals surface area contributed by atoms with E-state index in [9.17, 15) is 18.4 Å². The Labute approximate surface area is 157 Å². The molecule has 1 fully saturated rings. The van der Waals surface area contributed by atoms with Crippen molar-refractivity contribution in [1.82, 2.24) is 16.0 Å². The van der Waals surface area contributed by atoms with E-state index in [2.05, 4.69) is 16.0 Å². The lowest BCUT2D eigenvalue weighted by Gasteiger charge is -2.39. The van der Waals surface area contributed by atoms with Crippen molar-refractivity contribution >= 4 is 11.8 Å². The predicted octanol–water partition coefficient (Wildman–Crippen LogP) is 2.20. The molecule has 27 heavy (non-hydrogen) atoms. The Morgan fingerprint density at radius 1 is 1.30 bits per heavy atom. The number of fused-ring (bicyclic) bond motifs is 1. The second-order valence-corrected chi connectivity index (χ2v) is 7.39. The molecule has 3 N–H and O–H groups in total. The topological polar surface area (TPSA) is 70.2 Å². The Morgan fingerprint density at radius 2 is 2.04 bits per heavy atom. The Kier molecular flexibility index (Phi) is 5.60. The number of amides is 2. The van der Waals surface area contributed by atoms with Gasteiger partial charge >= 0.3 is 0 Å². The van der Waals surface area contributed by atoms with E-state index in [-0.39, 0.29) is 29.3 Å². The van der Waals surface area contributed by atoms with Crippen LogP contribution in [0.4, 0.5) is 8.78 Å². The van der Waals surface area contributed by atoms with Crippen LogP contribution in [0.3, 0.4) is 0 Å². The van der Waals surface area contributed by atoms with E-state index in [1.165, 1.54) is 6.07 Å². The lowest BCUT2D eigenvalue weighted by atomic mass is 9.78. The summed E-state index contributed by atoms with van der Waals surface area (Å²) >= 11 is 0. The van der Waals surface area contributed by atoms with Gasteiger partial charge in [-0.2, -0.15) is 0 Å². The van der Waals surface area contributed by atoms with Gasteiger partial charge in [0, 0.05) is 35.7 Å². The fraction of sp³-hybridized carbons (Fsp3) is 0.500. The van der Waals surface area contributed by atoms with Gasteiger partial charge in [0.05, 0.1) is 12.0 Å². The monoisotopic (exact) mass is 377 g/mol. The van der Waals surface area contributed by atoms with Crippen molar-refractivity contribution in [1.29, 1.82) is 0 Å². The second kappa shape index (κ2) is 7.76. The molecule has 1 aromatic carbocycles. The molecule has 2 amide bonds. The summed E-state index contributed by atoms with van der Waals surface area (Å²) < 4.78 is 27.0. The van der Waals surface area contributed by atoms with Crippen LogP contribution in [0, 0.1) is 23.5 Å². The van der Waals surface area contributed by atoms with Gasteiger partial charge in [-0.25, -0.2) is 8.78 Å². The molecule has 0 aromatic heterocycles. The summed E-state index contributed by atoms with van der Waals surface area (Å²) in [5, 5.41) is 9.08. The van der Waals surface area contributed by atoms with Crippen LogP contribution in [-0.2, 0) is 9.59 Å². The number of rotatable bonds is 4. The summed E-state index contributed by atoms with van der Waals surface area (Å²) in [5.41, 5.74) is 1.61. The fourth-order valence-electron chi connectivity index (χ4n) is 4.05. The second-order valence-electron chi connectivity index (χ2n) is 7.39. The molecule has 0 saturated carbocycles. The zero-order chi connectivity index (χ0) is 19.7. The summed E-state index contributed by atoms with van der Waals surface area (Å²) in [6.07, 6.45) is 0.864. The Bertz CT molecular complexity index is 793. The number of benzene rings is 1. The zero-order valence-corrected chi connectivity index (χ0v) is 15.7. The van der Waals surface area contributed by atoms with E-state index < -0.39 is 23.6 Å². The van der Waals surface area contributed by atoms with Gasteiger partial charge in [-0.3, -0.25) is 9.59 Å². The van der Waals surface area contributed by atoms with Gasteiger partial charge in [0.1, 0.15) is 11.6 Å². The number of hydrogen-bond donors (Lipinski definition) is 3. The van der Waals surface area contributed by atoms with Gasteiger partial charge in [0.25, 0.3) is 0 Å². The Balaban J connectivity index is 1.77. The smallest absolute Gasteiger partial charge is 0.248 e. The first kappa shape index (κ1) is 19.5. The zero-order valence-electron chi connectivity index (χ0n) is 15.7. The minimum atomic E-state index is -0.711. The highest BCUT2D eigenvalue weighted by Crippen LogP contribution is 2.31. The quantitative estimate of drug-likeness (QED) is 0.754. The number of halogens is 2. The van der Waals surface area contributed by atoms with E-state index in [0.717, 1.165) is 37.2 Å². The van der Waals surface area contributed by atoms with E-state index in [0.29, 0.717) is 5.57 Å². The lowest BCUT2D eigenvalue weighted by Crippen LogP contribution is -2.54. The molecule has 1 saturated heterocycles. The van der Waals surface area contributed by atoms with Crippen molar-refractivity contribution in [2.45, 2.75) is 39.3 Å². The molecule has 2 aliphatic rings. The van der Waals surface area contributed by atoms with Crippen LogP contribution in [-0.4, -0.2) is 30.9 Å². The van der Waals surface area contributed by atoms with Crippen molar-refractivity contribution in [2.24, 2.45) is 11.8 Å². The van der Waals surface area contributed by atoms with Crippen LogP contribution in [0.15, 0.2) is 29.3 Å². The largest absolute Gasteiger partial charge is 0.349 e. The molecule has 0 spiro atoms. The van der Waals surface area contributed by atoms with Crippen molar-refractivity contribution in [3.63, 3.8) is 0 Å². The molecule has 7 heteroatoms. The molecular weight excluding hydrogens is 352 g/mol. The normalized spacial score (nSPS) is 24.7. The molecule has 3 unspecified atom stereocenters. The molecule has 146 valence electrons. The molecule has 0 aliphatic carbocycles. The molecule has 0 bridgehead atoms. The van der Waals surface area contributed by atoms with Crippen LogP contribution in [0.1, 0.15) is 38.8 Å². The highest BCUT2D eigenvalue weighted by molar-refractivity contribution is 6.01. The van der Waals surface area contributed by atoms with Gasteiger partial charge in [-0.05, 0) is 39.8 Å². The highest BCUT2D eigenvalue weighted by Gasteiger charge is 2.38. The van der Waals surface area contributed by atoms with Crippen LogP contribution in [0.25, 0.3) is 0 Å². The van der Waals surface area contributed by atoms with Gasteiger partial charge in [-0.1, -0.05) is 11.6 Å². The summed E-state index contributed by atoms with van der Waals surface area (Å²) in [4.78, 5) is 25.3. The summed E-state index contributed by atoms with van der Waals surface area (Å²) in [6.45, 7) is 6.85. The van der Waals surface area contributed by atoms with E-state index in [1.54, 1.807) is 13.8 Å². The third-order valence-corrected chi connectivity index (χ3v) is 5.64. The number of carbonyl (C=O) groups excluding carboxylic acids is 2. The van der Waals surface area contributed by atoms with E-state index in [4.69, 9.17) is 0 Å². The minimum absolute atomic E-state index is 0.102. The molecule has 0 radical (unpaired) electrons. The molecule has 1 aromatic rings. The highest BCUT2D eigenvalue weighted by atomic mass is 19.1. The van der Waals surface area contributed by atoms with Crippen molar-refractivity contribution in [3.05, 3.63) is 46.5 Å². The van der Waals surface area contributed by atoms with E-state index in [1.807, 2.05) is 6.92 Å². The molecule has 4 atom stereocenters. The van der Waals surface area contributed by atoms with Crippen LogP contribution >= 0.6 is 0 Å². The van der Waals surface area contributed by atoms with Gasteiger partial charge in [0.2, 0.25) is 11.8 Å². The van der Waals surface area contributed by atoms with Crippen molar-refractivity contribution in [3.8, 4) is 0 Å². The Hall–Kier alpha value is -2.28. The molecule has 2 aliphatic heterocycles.